The molecule has 28 heavy (non-hydrogen) atoms. The van der Waals surface area contributed by atoms with Gasteiger partial charge in [-0.15, -0.1) is 0 Å². The average Bonchev–Trinajstić information content (AvgIpc) is 2.68. The zero-order chi connectivity index (χ0) is 20.1. The molecule has 1 aliphatic rings. The fourth-order valence-electron chi connectivity index (χ4n) is 3.07. The summed E-state index contributed by atoms with van der Waals surface area (Å²) in [6, 6.07) is 12.7. The molecule has 9 heteroatoms. The van der Waals surface area contributed by atoms with Crippen LogP contribution >= 0.6 is 11.6 Å². The molecular weight excluding hydrogens is 405 g/mol. The van der Waals surface area contributed by atoms with Crippen LogP contribution in [0.15, 0.2) is 48.5 Å². The molecule has 1 amide bonds. The van der Waals surface area contributed by atoms with Crippen LogP contribution < -0.4 is 10.2 Å². The predicted octanol–water partition coefficient (Wildman–Crippen LogP) is 2.36. The molecule has 150 valence electrons. The number of sulfonamides is 1. The van der Waals surface area contributed by atoms with E-state index in [0.29, 0.717) is 31.2 Å². The van der Waals surface area contributed by atoms with Crippen LogP contribution in [0.4, 0.5) is 10.1 Å². The number of hydrogen-bond donors (Lipinski definition) is 1. The van der Waals surface area contributed by atoms with Crippen molar-refractivity contribution in [3.05, 3.63) is 64.9 Å². The Labute approximate surface area is 168 Å². The maximum atomic E-state index is 13.2. The molecule has 3 rings (SSSR count). The summed E-state index contributed by atoms with van der Waals surface area (Å²) >= 11 is 6.21. The van der Waals surface area contributed by atoms with Crippen LogP contribution in [0, 0.1) is 5.82 Å². The van der Waals surface area contributed by atoms with Gasteiger partial charge in [0, 0.05) is 38.3 Å². The van der Waals surface area contributed by atoms with Crippen LogP contribution in [0.2, 0.25) is 5.02 Å². The van der Waals surface area contributed by atoms with Gasteiger partial charge in [-0.3, -0.25) is 4.79 Å². The van der Waals surface area contributed by atoms with Crippen molar-refractivity contribution in [1.29, 1.82) is 0 Å². The fraction of sp³-hybridized carbons (Fsp3) is 0.316. The number of piperazine rings is 1. The van der Waals surface area contributed by atoms with Gasteiger partial charge in [0.15, 0.2) is 0 Å². The number of para-hydroxylation sites is 1. The molecule has 0 aromatic heterocycles. The van der Waals surface area contributed by atoms with E-state index < -0.39 is 21.7 Å². The van der Waals surface area contributed by atoms with E-state index in [1.54, 1.807) is 6.07 Å². The van der Waals surface area contributed by atoms with Crippen molar-refractivity contribution in [1.82, 2.24) is 9.62 Å². The number of halogens is 2. The van der Waals surface area contributed by atoms with Gasteiger partial charge in [-0.25, -0.2) is 12.8 Å². The molecule has 6 nitrogen and oxygen atoms in total. The van der Waals surface area contributed by atoms with Crippen LogP contribution in [0.3, 0.4) is 0 Å². The highest BCUT2D eigenvalue weighted by atomic mass is 35.5. The largest absolute Gasteiger partial charge is 0.368 e. The summed E-state index contributed by atoms with van der Waals surface area (Å²) in [6.07, 6.45) is 0. The Balaban J connectivity index is 1.50. The number of carbonyl (C=O) groups is 1. The Hall–Kier alpha value is -2.16. The van der Waals surface area contributed by atoms with Crippen LogP contribution in [0.1, 0.15) is 10.4 Å². The number of hydrogen-bond acceptors (Lipinski definition) is 4. The first kappa shape index (κ1) is 20.6. The summed E-state index contributed by atoms with van der Waals surface area (Å²) in [5, 5.41) is 3.16. The van der Waals surface area contributed by atoms with Crippen molar-refractivity contribution in [2.75, 3.05) is 43.4 Å². The minimum atomic E-state index is -3.50. The van der Waals surface area contributed by atoms with Crippen molar-refractivity contribution in [2.24, 2.45) is 0 Å². The summed E-state index contributed by atoms with van der Waals surface area (Å²) in [5.41, 5.74) is 1.05. The van der Waals surface area contributed by atoms with Gasteiger partial charge in [0.25, 0.3) is 5.91 Å². The van der Waals surface area contributed by atoms with Crippen LogP contribution in [0.5, 0.6) is 0 Å². The molecule has 0 aliphatic carbocycles. The molecule has 1 fully saturated rings. The van der Waals surface area contributed by atoms with Gasteiger partial charge in [0.1, 0.15) is 5.82 Å². The standard InChI is InChI=1S/C19H21ClFN3O3S/c20-17-6-1-2-7-18(17)23-9-11-24(12-10-23)28(26,27)13-8-22-19(25)15-4-3-5-16(21)14-15/h1-7,14H,8-13H2,(H,22,25). The number of benzene rings is 2. The summed E-state index contributed by atoms with van der Waals surface area (Å²) in [7, 11) is -3.50. The Morgan fingerprint density at radius 2 is 1.79 bits per heavy atom. The number of rotatable bonds is 6. The van der Waals surface area contributed by atoms with Gasteiger partial charge in [0.05, 0.1) is 16.5 Å². The van der Waals surface area contributed by atoms with Crippen LogP contribution in [-0.2, 0) is 10.0 Å². The maximum Gasteiger partial charge on any atom is 0.251 e. The molecule has 1 N–H and O–H groups in total. The maximum absolute atomic E-state index is 13.2. The van der Waals surface area contributed by atoms with E-state index in [1.807, 2.05) is 18.2 Å². The van der Waals surface area contributed by atoms with Crippen LogP contribution in [0.25, 0.3) is 0 Å². The van der Waals surface area contributed by atoms with Crippen molar-refractivity contribution >= 4 is 33.2 Å². The van der Waals surface area contributed by atoms with Gasteiger partial charge in [-0.1, -0.05) is 29.8 Å². The number of nitrogens with one attached hydrogen (secondary N) is 1. The lowest BCUT2D eigenvalue weighted by Gasteiger charge is -2.35. The Kier molecular flexibility index (Phi) is 6.53. The molecule has 1 saturated heterocycles. The fourth-order valence-corrected chi connectivity index (χ4v) is 4.66. The second-order valence-electron chi connectivity index (χ2n) is 6.42. The zero-order valence-corrected chi connectivity index (χ0v) is 16.7. The Bertz CT molecular complexity index is 947. The lowest BCUT2D eigenvalue weighted by Crippen LogP contribution is -2.50. The number of amides is 1. The zero-order valence-electron chi connectivity index (χ0n) is 15.1. The Morgan fingerprint density at radius 1 is 1.07 bits per heavy atom. The third-order valence-corrected chi connectivity index (χ3v) is 6.75. The molecule has 2 aromatic carbocycles. The van der Waals surface area contributed by atoms with E-state index in [0.717, 1.165) is 11.8 Å². The molecule has 0 spiro atoms. The minimum absolute atomic E-state index is 0.0393. The number of nitrogens with zero attached hydrogens (tertiary/aromatic N) is 2. The number of anilines is 1. The van der Waals surface area contributed by atoms with Crippen molar-refractivity contribution in [3.8, 4) is 0 Å². The van der Waals surface area contributed by atoms with E-state index >= 15 is 0 Å². The molecule has 0 unspecified atom stereocenters. The first-order valence-corrected chi connectivity index (χ1v) is 10.9. The van der Waals surface area contributed by atoms with Crippen molar-refractivity contribution < 1.29 is 17.6 Å². The molecule has 0 radical (unpaired) electrons. The van der Waals surface area contributed by atoms with E-state index in [2.05, 4.69) is 10.2 Å². The molecule has 1 aliphatic heterocycles. The van der Waals surface area contributed by atoms with Crippen LogP contribution in [-0.4, -0.2) is 57.1 Å². The quantitative estimate of drug-likeness (QED) is 0.771. The summed E-state index contributed by atoms with van der Waals surface area (Å²) < 4.78 is 39.7. The lowest BCUT2D eigenvalue weighted by atomic mass is 10.2. The second-order valence-corrected chi connectivity index (χ2v) is 8.92. The van der Waals surface area contributed by atoms with E-state index in [1.165, 1.54) is 22.5 Å². The normalized spacial score (nSPS) is 15.4. The summed E-state index contributed by atoms with van der Waals surface area (Å²) in [5.74, 6) is -1.23. The number of carbonyl (C=O) groups excluding carboxylic acids is 1. The molecular formula is C19H21ClFN3O3S. The summed E-state index contributed by atoms with van der Waals surface area (Å²) in [4.78, 5) is 14.0. The first-order valence-electron chi connectivity index (χ1n) is 8.88. The monoisotopic (exact) mass is 425 g/mol. The van der Waals surface area contributed by atoms with Gasteiger partial charge in [0.2, 0.25) is 10.0 Å². The van der Waals surface area contributed by atoms with Gasteiger partial charge in [-0.2, -0.15) is 4.31 Å². The minimum Gasteiger partial charge on any atom is -0.368 e. The SMILES string of the molecule is O=C(NCCS(=O)(=O)N1CCN(c2ccccc2Cl)CC1)c1cccc(F)c1. The molecule has 1 heterocycles. The molecule has 0 saturated carbocycles. The molecule has 0 atom stereocenters. The topological polar surface area (TPSA) is 69.7 Å². The smallest absolute Gasteiger partial charge is 0.251 e. The third kappa shape index (κ3) is 5.01. The first-order chi connectivity index (χ1) is 13.4. The van der Waals surface area contributed by atoms with E-state index in [9.17, 15) is 17.6 Å². The third-order valence-electron chi connectivity index (χ3n) is 4.56. The molecule has 0 bridgehead atoms. The highest BCUT2D eigenvalue weighted by Crippen LogP contribution is 2.26. The highest BCUT2D eigenvalue weighted by molar-refractivity contribution is 7.89. The average molecular weight is 426 g/mol. The summed E-state index contributed by atoms with van der Waals surface area (Å²) in [6.45, 7) is 1.75. The van der Waals surface area contributed by atoms with Gasteiger partial charge in [-0.05, 0) is 30.3 Å². The van der Waals surface area contributed by atoms with Gasteiger partial charge < -0.3 is 10.2 Å². The Morgan fingerprint density at radius 3 is 2.46 bits per heavy atom. The predicted molar refractivity (Wildman–Crippen MR) is 108 cm³/mol. The van der Waals surface area contributed by atoms with Gasteiger partial charge >= 0.3 is 0 Å². The highest BCUT2D eigenvalue weighted by Gasteiger charge is 2.27. The van der Waals surface area contributed by atoms with E-state index in [-0.39, 0.29) is 17.9 Å². The molecule has 2 aromatic rings. The van der Waals surface area contributed by atoms with Crippen molar-refractivity contribution in [3.63, 3.8) is 0 Å². The van der Waals surface area contributed by atoms with E-state index in [4.69, 9.17) is 11.6 Å². The second kappa shape index (κ2) is 8.89. The lowest BCUT2D eigenvalue weighted by molar-refractivity contribution is 0.0955. The van der Waals surface area contributed by atoms with Crippen molar-refractivity contribution in [2.45, 2.75) is 0 Å².